The van der Waals surface area contributed by atoms with Crippen LogP contribution in [0.1, 0.15) is 40.0 Å². The van der Waals surface area contributed by atoms with Gasteiger partial charge in [-0.1, -0.05) is 20.8 Å². The summed E-state index contributed by atoms with van der Waals surface area (Å²) in [6, 6.07) is 0. The average molecular weight is 164 g/mol. The lowest BCUT2D eigenvalue weighted by molar-refractivity contribution is -0.137. The maximum Gasteiger partial charge on any atom is 0.139 e. The third-order valence-electron chi connectivity index (χ3n) is 5.54. The fourth-order valence-corrected chi connectivity index (χ4v) is 4.56. The van der Waals surface area contributed by atoms with Crippen LogP contribution in [-0.2, 0) is 4.79 Å². The Bertz CT molecular complexity index is 291. The van der Waals surface area contributed by atoms with Crippen LogP contribution in [0, 0.1) is 22.2 Å². The van der Waals surface area contributed by atoms with Crippen molar-refractivity contribution in [2.75, 3.05) is 0 Å². The van der Waals surface area contributed by atoms with Gasteiger partial charge in [-0.25, -0.2) is 0 Å². The Labute approximate surface area is 73.5 Å². The Morgan fingerprint density at radius 2 is 1.92 bits per heavy atom. The first-order valence-electron chi connectivity index (χ1n) is 5.00. The molecule has 0 heterocycles. The van der Waals surface area contributed by atoms with E-state index in [1.54, 1.807) is 0 Å². The lowest BCUT2D eigenvalue weighted by Gasteiger charge is -2.47. The zero-order valence-electron chi connectivity index (χ0n) is 8.11. The second-order valence-corrected chi connectivity index (χ2v) is 5.71. The minimum atomic E-state index is 0.0984. The molecule has 0 aromatic rings. The van der Waals surface area contributed by atoms with E-state index in [1.165, 1.54) is 6.42 Å². The molecule has 3 aliphatic carbocycles. The Morgan fingerprint density at radius 1 is 1.25 bits per heavy atom. The molecule has 3 fully saturated rings. The summed E-state index contributed by atoms with van der Waals surface area (Å²) in [6.45, 7) is 6.90. The molecular formula is C11H16O. The molecule has 3 unspecified atom stereocenters. The van der Waals surface area contributed by atoms with E-state index in [0.717, 1.165) is 18.8 Å². The number of carbonyl (C=O) groups is 1. The van der Waals surface area contributed by atoms with Crippen molar-refractivity contribution in [3.63, 3.8) is 0 Å². The van der Waals surface area contributed by atoms with Crippen LogP contribution >= 0.6 is 0 Å². The molecule has 0 aromatic carbocycles. The van der Waals surface area contributed by atoms with E-state index in [2.05, 4.69) is 20.8 Å². The summed E-state index contributed by atoms with van der Waals surface area (Å²) < 4.78 is 0. The predicted octanol–water partition coefficient (Wildman–Crippen LogP) is 2.40. The molecule has 0 saturated heterocycles. The number of rotatable bonds is 0. The second kappa shape index (κ2) is 1.40. The SMILES string of the molecule is CC12CCC13C(CC2=O)C3(C)C. The van der Waals surface area contributed by atoms with Crippen LogP contribution in [0.25, 0.3) is 0 Å². The van der Waals surface area contributed by atoms with Crippen LogP contribution in [0.4, 0.5) is 0 Å². The quantitative estimate of drug-likeness (QED) is 0.537. The molecule has 0 aliphatic heterocycles. The first kappa shape index (κ1) is 7.11. The highest BCUT2D eigenvalue weighted by Gasteiger charge is 2.86. The Balaban J connectivity index is 2.12. The van der Waals surface area contributed by atoms with Gasteiger partial charge in [0.25, 0.3) is 0 Å². The molecule has 12 heavy (non-hydrogen) atoms. The van der Waals surface area contributed by atoms with E-state index >= 15 is 0 Å². The van der Waals surface area contributed by atoms with Gasteiger partial charge < -0.3 is 0 Å². The van der Waals surface area contributed by atoms with Crippen molar-refractivity contribution in [2.24, 2.45) is 22.2 Å². The minimum Gasteiger partial charge on any atom is -0.299 e. The van der Waals surface area contributed by atoms with Gasteiger partial charge >= 0.3 is 0 Å². The molecule has 3 saturated carbocycles. The summed E-state index contributed by atoms with van der Waals surface area (Å²) in [4.78, 5) is 11.7. The minimum absolute atomic E-state index is 0.0984. The molecule has 66 valence electrons. The Hall–Kier alpha value is -0.330. The van der Waals surface area contributed by atoms with Gasteiger partial charge in [0.1, 0.15) is 5.78 Å². The van der Waals surface area contributed by atoms with Gasteiger partial charge in [-0.2, -0.15) is 0 Å². The largest absolute Gasteiger partial charge is 0.299 e. The molecule has 0 N–H and O–H groups in total. The molecule has 1 nitrogen and oxygen atoms in total. The summed E-state index contributed by atoms with van der Waals surface area (Å²) in [7, 11) is 0. The van der Waals surface area contributed by atoms with Crippen molar-refractivity contribution in [1.29, 1.82) is 0 Å². The van der Waals surface area contributed by atoms with Crippen molar-refractivity contribution in [3.8, 4) is 0 Å². The molecule has 0 amide bonds. The number of Topliss-reactive ketones (excluding diaryl/α,β-unsaturated/α-hetero) is 1. The highest BCUT2D eigenvalue weighted by molar-refractivity contribution is 5.92. The van der Waals surface area contributed by atoms with Crippen LogP contribution < -0.4 is 0 Å². The zero-order valence-corrected chi connectivity index (χ0v) is 8.11. The number of hydrogen-bond donors (Lipinski definition) is 0. The van der Waals surface area contributed by atoms with E-state index in [9.17, 15) is 4.79 Å². The topological polar surface area (TPSA) is 17.1 Å². The highest BCUT2D eigenvalue weighted by Crippen LogP contribution is 2.89. The van der Waals surface area contributed by atoms with E-state index in [0.29, 0.717) is 16.6 Å². The molecule has 0 bridgehead atoms. The van der Waals surface area contributed by atoms with Crippen molar-refractivity contribution in [3.05, 3.63) is 0 Å². The first-order chi connectivity index (χ1) is 5.47. The van der Waals surface area contributed by atoms with Gasteiger partial charge in [0.15, 0.2) is 0 Å². The maximum atomic E-state index is 11.7. The number of ketones is 1. The predicted molar refractivity (Wildman–Crippen MR) is 46.7 cm³/mol. The highest BCUT2D eigenvalue weighted by atomic mass is 16.1. The fraction of sp³-hybridized carbons (Fsp3) is 0.909. The molecule has 0 radical (unpaired) electrons. The van der Waals surface area contributed by atoms with Crippen molar-refractivity contribution >= 4 is 5.78 Å². The standard InChI is InChI=1S/C11H16O/c1-9(2)7-6-8(12)10(3)4-5-11(7,9)10/h7H,4-6H2,1-3H3. The van der Waals surface area contributed by atoms with Gasteiger partial charge in [-0.15, -0.1) is 0 Å². The zero-order chi connectivity index (χ0) is 8.78. The van der Waals surface area contributed by atoms with Crippen LogP contribution in [0.5, 0.6) is 0 Å². The first-order valence-corrected chi connectivity index (χ1v) is 5.00. The van der Waals surface area contributed by atoms with Gasteiger partial charge in [-0.3, -0.25) is 4.79 Å². The molecule has 1 heteroatoms. The third kappa shape index (κ3) is 0.364. The van der Waals surface area contributed by atoms with Gasteiger partial charge in [-0.05, 0) is 29.6 Å². The van der Waals surface area contributed by atoms with E-state index in [4.69, 9.17) is 0 Å². The van der Waals surface area contributed by atoms with Crippen LogP contribution in [0.15, 0.2) is 0 Å². The lowest BCUT2D eigenvalue weighted by Crippen LogP contribution is -2.45. The molecule has 3 aliphatic rings. The van der Waals surface area contributed by atoms with Crippen molar-refractivity contribution in [1.82, 2.24) is 0 Å². The summed E-state index contributed by atoms with van der Waals surface area (Å²) in [6.07, 6.45) is 3.35. The Kier molecular flexibility index (Phi) is 0.831. The number of hydrogen-bond acceptors (Lipinski definition) is 1. The van der Waals surface area contributed by atoms with Gasteiger partial charge in [0, 0.05) is 11.8 Å². The van der Waals surface area contributed by atoms with Crippen LogP contribution in [0.2, 0.25) is 0 Å². The summed E-state index contributed by atoms with van der Waals surface area (Å²) >= 11 is 0. The Morgan fingerprint density at radius 3 is 2.25 bits per heavy atom. The van der Waals surface area contributed by atoms with Crippen LogP contribution in [-0.4, -0.2) is 5.78 Å². The second-order valence-electron chi connectivity index (χ2n) is 5.71. The molecule has 0 aromatic heterocycles. The van der Waals surface area contributed by atoms with E-state index in [1.807, 2.05) is 0 Å². The van der Waals surface area contributed by atoms with Gasteiger partial charge in [0.05, 0.1) is 0 Å². The van der Waals surface area contributed by atoms with Crippen molar-refractivity contribution < 1.29 is 4.79 Å². The van der Waals surface area contributed by atoms with E-state index in [-0.39, 0.29) is 5.41 Å². The summed E-state index contributed by atoms with van der Waals surface area (Å²) in [5.74, 6) is 1.29. The molecular weight excluding hydrogens is 148 g/mol. The third-order valence-corrected chi connectivity index (χ3v) is 5.54. The van der Waals surface area contributed by atoms with E-state index < -0.39 is 0 Å². The average Bonchev–Trinajstić information content (AvgIpc) is 2.41. The number of carbonyl (C=O) groups excluding carboxylic acids is 1. The maximum absolute atomic E-state index is 11.7. The fourth-order valence-electron chi connectivity index (χ4n) is 4.56. The van der Waals surface area contributed by atoms with Crippen molar-refractivity contribution in [2.45, 2.75) is 40.0 Å². The summed E-state index contributed by atoms with van der Waals surface area (Å²) in [5, 5.41) is 0. The monoisotopic (exact) mass is 164 g/mol. The molecule has 1 spiro atoms. The summed E-state index contributed by atoms with van der Waals surface area (Å²) in [5.41, 5.74) is 1.03. The smallest absolute Gasteiger partial charge is 0.139 e. The molecule has 3 atom stereocenters. The normalized spacial score (nSPS) is 58.9. The molecule has 3 rings (SSSR count). The lowest BCUT2D eigenvalue weighted by atomic mass is 9.55. The van der Waals surface area contributed by atoms with Crippen LogP contribution in [0.3, 0.4) is 0 Å². The van der Waals surface area contributed by atoms with Gasteiger partial charge in [0.2, 0.25) is 0 Å².